The lowest BCUT2D eigenvalue weighted by atomic mass is 9.70. The van der Waals surface area contributed by atoms with Gasteiger partial charge in [0.1, 0.15) is 11.2 Å². The quantitative estimate of drug-likeness (QED) is 0.151. The van der Waals surface area contributed by atoms with E-state index >= 15 is 0 Å². The lowest BCUT2D eigenvalue weighted by molar-refractivity contribution is -0.149. The molecule has 6 rings (SSSR count). The van der Waals surface area contributed by atoms with Crippen molar-refractivity contribution in [2.24, 2.45) is 39.7 Å². The van der Waals surface area contributed by atoms with Crippen LogP contribution in [-0.4, -0.2) is 103 Å². The Labute approximate surface area is 375 Å². The molecule has 62 heavy (non-hydrogen) atoms. The Morgan fingerprint density at radius 2 is 0.903 bits per heavy atom. The van der Waals surface area contributed by atoms with E-state index in [9.17, 15) is 24.0 Å². The summed E-state index contributed by atoms with van der Waals surface area (Å²) in [4.78, 5) is 62.8. The number of piperidine rings is 2. The van der Waals surface area contributed by atoms with E-state index in [0.29, 0.717) is 73.7 Å². The number of esters is 1. The predicted octanol–water partition coefficient (Wildman–Crippen LogP) is 9.14. The third-order valence-corrected chi connectivity index (χ3v) is 13.8. The molecule has 6 aliphatic rings. The minimum atomic E-state index is -0.477. The van der Waals surface area contributed by atoms with Crippen LogP contribution in [0.1, 0.15) is 185 Å². The fourth-order valence-electron chi connectivity index (χ4n) is 8.69. The van der Waals surface area contributed by atoms with Gasteiger partial charge in [-0.2, -0.15) is 0 Å². The molecule has 4 aliphatic carbocycles. The van der Waals surface area contributed by atoms with Crippen LogP contribution in [0.25, 0.3) is 0 Å². The van der Waals surface area contributed by atoms with Crippen molar-refractivity contribution in [1.82, 2.24) is 20.4 Å². The Morgan fingerprint density at radius 3 is 1.19 bits per heavy atom. The summed E-state index contributed by atoms with van der Waals surface area (Å²) in [6.07, 6.45) is 19.9. The van der Waals surface area contributed by atoms with Gasteiger partial charge in [0, 0.05) is 51.1 Å². The Bertz CT molecular complexity index is 1400. The number of nitrogens with two attached hydrogens (primary N) is 1. The first-order valence-corrected chi connectivity index (χ1v) is 24.4. The van der Waals surface area contributed by atoms with Gasteiger partial charge in [-0.05, 0) is 148 Å². The number of nitrogens with zero attached hydrogens (tertiary/aromatic N) is 2. The van der Waals surface area contributed by atoms with Crippen LogP contribution in [-0.2, 0) is 28.6 Å². The van der Waals surface area contributed by atoms with Crippen LogP contribution in [0.3, 0.4) is 0 Å². The van der Waals surface area contributed by atoms with Gasteiger partial charge in [-0.3, -0.25) is 14.4 Å². The minimum Gasteiger partial charge on any atom is -0.466 e. The maximum absolute atomic E-state index is 12.2. The number of carbonyl (C=O) groups excluding carboxylic acids is 5. The highest BCUT2D eigenvalue weighted by molar-refractivity contribution is 5.79. The van der Waals surface area contributed by atoms with Gasteiger partial charge in [-0.1, -0.05) is 59.3 Å². The molecule has 0 radical (unpaired) electrons. The summed E-state index contributed by atoms with van der Waals surface area (Å²) in [5.74, 6) is 0.592. The number of amides is 4. The second-order valence-corrected chi connectivity index (χ2v) is 22.2. The van der Waals surface area contributed by atoms with Crippen LogP contribution in [0.4, 0.5) is 9.59 Å². The van der Waals surface area contributed by atoms with Crippen molar-refractivity contribution >= 4 is 30.0 Å². The van der Waals surface area contributed by atoms with Crippen LogP contribution < -0.4 is 16.4 Å². The fraction of sp³-hybridized carbons (Fsp3) is 0.898. The number of hydrogen-bond acceptors (Lipinski definition) is 9. The standard InChI is InChI=1S/C17H30N2O3.C13H23NO4.C13H23NO.C6H13N/c1-16(2,3)22-15(21)19-10-6-13(7-11-19)14(20)18-12-17(4)8-5-9-17;1-5-17-11(15)10-6-8-14(9-7-10)12(16)18-13(2,3)4;1-13(8-5-9-13)10-14-12(15)11-6-3-2-4-7-11;1-6(5-7)3-2-4-6/h13H,5-12H2,1-4H3,(H,18,20);10H,5-9H2,1-4H3;11H,2-10H2,1H3,(H,14,15);2-5,7H2,1H3. The maximum Gasteiger partial charge on any atom is 0.410 e. The van der Waals surface area contributed by atoms with Gasteiger partial charge in [-0.15, -0.1) is 0 Å². The second kappa shape index (κ2) is 24.3. The summed E-state index contributed by atoms with van der Waals surface area (Å²) >= 11 is 0. The van der Waals surface area contributed by atoms with Crippen molar-refractivity contribution in [3.63, 3.8) is 0 Å². The fourth-order valence-corrected chi connectivity index (χ4v) is 8.69. The van der Waals surface area contributed by atoms with E-state index < -0.39 is 11.2 Å². The van der Waals surface area contributed by atoms with E-state index in [1.165, 1.54) is 77.0 Å². The molecule has 0 aromatic carbocycles. The molecule has 4 saturated carbocycles. The zero-order chi connectivity index (χ0) is 46.2. The molecule has 0 spiro atoms. The largest absolute Gasteiger partial charge is 0.466 e. The normalized spacial score (nSPS) is 22.0. The molecule has 358 valence electrons. The smallest absolute Gasteiger partial charge is 0.410 e. The predicted molar refractivity (Wildman–Crippen MR) is 245 cm³/mol. The molecule has 0 unspecified atom stereocenters. The monoisotopic (exact) mass is 876 g/mol. The molecule has 6 fully saturated rings. The molecule has 13 nitrogen and oxygen atoms in total. The Hall–Kier alpha value is -3.09. The zero-order valence-corrected chi connectivity index (χ0v) is 40.9. The van der Waals surface area contributed by atoms with Gasteiger partial charge in [-0.25, -0.2) is 9.59 Å². The summed E-state index contributed by atoms with van der Waals surface area (Å²) in [5, 5.41) is 6.26. The van der Waals surface area contributed by atoms with E-state index in [1.807, 2.05) is 41.5 Å². The van der Waals surface area contributed by atoms with E-state index in [0.717, 1.165) is 45.3 Å². The number of likely N-dealkylation sites (tertiary alicyclic amines) is 2. The topological polar surface area (TPSA) is 170 Å². The third-order valence-electron chi connectivity index (χ3n) is 13.8. The molecule has 4 amide bonds. The molecule has 0 bridgehead atoms. The number of ether oxygens (including phenoxy) is 3. The van der Waals surface area contributed by atoms with E-state index in [2.05, 4.69) is 31.4 Å². The minimum absolute atomic E-state index is 0.0300. The summed E-state index contributed by atoms with van der Waals surface area (Å²) in [6, 6.07) is 0. The summed E-state index contributed by atoms with van der Waals surface area (Å²) < 4.78 is 15.6. The highest BCUT2D eigenvalue weighted by atomic mass is 16.6. The highest BCUT2D eigenvalue weighted by Gasteiger charge is 2.36. The van der Waals surface area contributed by atoms with Crippen molar-refractivity contribution in [2.75, 3.05) is 52.4 Å². The van der Waals surface area contributed by atoms with Gasteiger partial charge in [0.25, 0.3) is 0 Å². The van der Waals surface area contributed by atoms with Crippen molar-refractivity contribution in [3.8, 4) is 0 Å². The average Bonchev–Trinajstić information content (AvgIpc) is 3.19. The van der Waals surface area contributed by atoms with Crippen molar-refractivity contribution in [1.29, 1.82) is 0 Å². The van der Waals surface area contributed by atoms with Crippen LogP contribution in [0.15, 0.2) is 0 Å². The molecule has 4 N–H and O–H groups in total. The maximum atomic E-state index is 12.2. The summed E-state index contributed by atoms with van der Waals surface area (Å²) in [5.41, 5.74) is 5.80. The molecule has 0 atom stereocenters. The highest BCUT2D eigenvalue weighted by Crippen LogP contribution is 2.41. The first-order valence-electron chi connectivity index (χ1n) is 24.4. The SMILES string of the molecule is CC1(CN)CCC1.CC1(CNC(=O)C2CCCCC2)CCC1.CC1(CNC(=O)C2CCN(C(=O)OC(C)(C)C)CC2)CCC1.CCOC(=O)C1CCN(C(=O)OC(C)(C)C)CC1. The van der Waals surface area contributed by atoms with Crippen molar-refractivity contribution in [2.45, 2.75) is 196 Å². The Morgan fingerprint density at radius 1 is 0.548 bits per heavy atom. The van der Waals surface area contributed by atoms with Crippen molar-refractivity contribution in [3.05, 3.63) is 0 Å². The molecular formula is C49H89N5O8. The molecule has 2 saturated heterocycles. The van der Waals surface area contributed by atoms with Crippen LogP contribution >= 0.6 is 0 Å². The van der Waals surface area contributed by atoms with E-state index in [1.54, 1.807) is 16.7 Å². The lowest BCUT2D eigenvalue weighted by Gasteiger charge is -2.39. The van der Waals surface area contributed by atoms with Gasteiger partial charge in [0.05, 0.1) is 12.5 Å². The average molecular weight is 876 g/mol. The van der Waals surface area contributed by atoms with E-state index in [4.69, 9.17) is 19.9 Å². The molecule has 0 aromatic rings. The first-order chi connectivity index (χ1) is 29.0. The van der Waals surface area contributed by atoms with Crippen molar-refractivity contribution < 1.29 is 38.2 Å². The Balaban J connectivity index is 0.000000232. The molecule has 13 heteroatoms. The Kier molecular flexibility index (Phi) is 20.8. The molecule has 2 heterocycles. The van der Waals surface area contributed by atoms with Crippen LogP contribution in [0, 0.1) is 34.0 Å². The van der Waals surface area contributed by atoms with Gasteiger partial charge in [0.2, 0.25) is 11.8 Å². The van der Waals surface area contributed by atoms with Gasteiger partial charge in [0.15, 0.2) is 0 Å². The summed E-state index contributed by atoms with van der Waals surface area (Å²) in [6.45, 7) is 25.0. The number of nitrogens with one attached hydrogen (secondary N) is 2. The van der Waals surface area contributed by atoms with E-state index in [-0.39, 0.29) is 35.9 Å². The summed E-state index contributed by atoms with van der Waals surface area (Å²) in [7, 11) is 0. The number of hydrogen-bond donors (Lipinski definition) is 3. The molecule has 2 aliphatic heterocycles. The van der Waals surface area contributed by atoms with Crippen LogP contribution in [0.5, 0.6) is 0 Å². The van der Waals surface area contributed by atoms with Gasteiger partial charge >= 0.3 is 18.2 Å². The zero-order valence-electron chi connectivity index (χ0n) is 40.9. The lowest BCUT2D eigenvalue weighted by Crippen LogP contribution is -2.47. The second-order valence-electron chi connectivity index (χ2n) is 22.2. The molecular weight excluding hydrogens is 787 g/mol. The first kappa shape index (κ1) is 53.2. The third kappa shape index (κ3) is 18.9. The number of rotatable bonds is 9. The number of carbonyl (C=O) groups is 5. The van der Waals surface area contributed by atoms with Crippen LogP contribution in [0.2, 0.25) is 0 Å². The van der Waals surface area contributed by atoms with Gasteiger partial charge < -0.3 is 40.4 Å². The molecule has 0 aromatic heterocycles.